The molecule has 1 aliphatic rings. The number of aliphatic hydroxyl groups excluding tert-OH is 1. The first-order chi connectivity index (χ1) is 6.26. The molecule has 3 heteroatoms. The second-order valence-corrected chi connectivity index (χ2v) is 3.80. The molecule has 1 fully saturated rings. The molecule has 0 aromatic rings. The molecule has 0 unspecified atom stereocenters. The molecule has 1 N–H and O–H groups in total. The number of nitrogens with zero attached hydrogens (tertiary/aromatic N) is 2. The molecule has 78 valence electrons. The predicted molar refractivity (Wildman–Crippen MR) is 54.9 cm³/mol. The summed E-state index contributed by atoms with van der Waals surface area (Å²) >= 11 is 0. The van der Waals surface area contributed by atoms with E-state index in [9.17, 15) is 5.11 Å². The monoisotopic (exact) mass is 186 g/mol. The van der Waals surface area contributed by atoms with Crippen LogP contribution < -0.4 is 0 Å². The van der Waals surface area contributed by atoms with Gasteiger partial charge in [0.05, 0.1) is 6.10 Å². The number of hydrogen-bond acceptors (Lipinski definition) is 3. The van der Waals surface area contributed by atoms with Crippen LogP contribution in [-0.2, 0) is 0 Å². The number of likely N-dealkylation sites (N-methyl/N-ethyl adjacent to an activating group) is 1. The van der Waals surface area contributed by atoms with Gasteiger partial charge in [-0.15, -0.1) is 0 Å². The lowest BCUT2D eigenvalue weighted by Crippen LogP contribution is -2.48. The molecule has 0 aliphatic carbocycles. The molecule has 0 amide bonds. The normalized spacial score (nSPS) is 23.3. The maximum absolute atomic E-state index is 9.48. The highest BCUT2D eigenvalue weighted by atomic mass is 16.3. The minimum Gasteiger partial charge on any atom is -0.392 e. The number of rotatable bonds is 4. The van der Waals surface area contributed by atoms with Gasteiger partial charge in [-0.05, 0) is 13.0 Å². The number of β-amino-alcohol motifs (C(OH)–C–C–N with tert-alkyl or cyclic N) is 1. The fourth-order valence-corrected chi connectivity index (χ4v) is 1.72. The molecular weight excluding hydrogens is 164 g/mol. The Kier molecular flexibility index (Phi) is 4.70. The van der Waals surface area contributed by atoms with Crippen LogP contribution in [0.3, 0.4) is 0 Å². The summed E-state index contributed by atoms with van der Waals surface area (Å²) in [5.74, 6) is 0. The average molecular weight is 186 g/mol. The van der Waals surface area contributed by atoms with Crippen molar-refractivity contribution in [3.8, 4) is 0 Å². The van der Waals surface area contributed by atoms with E-state index in [4.69, 9.17) is 0 Å². The highest BCUT2D eigenvalue weighted by Crippen LogP contribution is 2.03. The number of hydrogen-bond donors (Lipinski definition) is 1. The maximum atomic E-state index is 9.48. The fraction of sp³-hybridized carbons (Fsp3) is 1.00. The summed E-state index contributed by atoms with van der Waals surface area (Å²) in [6, 6.07) is 0. The molecule has 3 nitrogen and oxygen atoms in total. The zero-order valence-corrected chi connectivity index (χ0v) is 8.87. The van der Waals surface area contributed by atoms with Crippen LogP contribution in [0.25, 0.3) is 0 Å². The third-order valence-electron chi connectivity index (χ3n) is 2.85. The van der Waals surface area contributed by atoms with Gasteiger partial charge in [0.2, 0.25) is 0 Å². The van der Waals surface area contributed by atoms with Gasteiger partial charge < -0.3 is 10.0 Å². The lowest BCUT2D eigenvalue weighted by molar-refractivity contribution is 0.0728. The van der Waals surface area contributed by atoms with E-state index in [2.05, 4.69) is 16.7 Å². The van der Waals surface area contributed by atoms with Gasteiger partial charge >= 0.3 is 0 Å². The molecule has 1 saturated heterocycles. The third kappa shape index (κ3) is 3.63. The highest BCUT2D eigenvalue weighted by molar-refractivity contribution is 4.72. The fourth-order valence-electron chi connectivity index (χ4n) is 1.72. The van der Waals surface area contributed by atoms with Crippen LogP contribution in [0.5, 0.6) is 0 Å². The Morgan fingerprint density at radius 1 is 1.08 bits per heavy atom. The minimum atomic E-state index is -0.131. The van der Waals surface area contributed by atoms with Gasteiger partial charge in [0.15, 0.2) is 0 Å². The summed E-state index contributed by atoms with van der Waals surface area (Å²) in [5, 5.41) is 9.48. The van der Waals surface area contributed by atoms with Crippen LogP contribution in [0.4, 0.5) is 0 Å². The van der Waals surface area contributed by atoms with Gasteiger partial charge in [-0.2, -0.15) is 0 Å². The van der Waals surface area contributed by atoms with Crippen molar-refractivity contribution in [1.29, 1.82) is 0 Å². The van der Waals surface area contributed by atoms with Crippen LogP contribution in [0.15, 0.2) is 0 Å². The van der Waals surface area contributed by atoms with Gasteiger partial charge in [-0.3, -0.25) is 4.90 Å². The van der Waals surface area contributed by atoms with Crippen molar-refractivity contribution in [2.75, 3.05) is 39.3 Å². The molecule has 0 aromatic carbocycles. The van der Waals surface area contributed by atoms with Crippen molar-refractivity contribution in [2.45, 2.75) is 26.4 Å². The van der Waals surface area contributed by atoms with Crippen molar-refractivity contribution in [1.82, 2.24) is 9.80 Å². The third-order valence-corrected chi connectivity index (χ3v) is 2.85. The molecular formula is C10H22N2O. The van der Waals surface area contributed by atoms with Crippen LogP contribution >= 0.6 is 0 Å². The van der Waals surface area contributed by atoms with E-state index in [1.54, 1.807) is 0 Å². The molecule has 1 aliphatic heterocycles. The summed E-state index contributed by atoms with van der Waals surface area (Å²) in [7, 11) is 0. The minimum absolute atomic E-state index is 0.131. The highest BCUT2D eigenvalue weighted by Gasteiger charge is 2.16. The number of aliphatic hydroxyl groups is 1. The first kappa shape index (κ1) is 11.0. The molecule has 13 heavy (non-hydrogen) atoms. The van der Waals surface area contributed by atoms with E-state index >= 15 is 0 Å². The van der Waals surface area contributed by atoms with Crippen LogP contribution in [0.2, 0.25) is 0 Å². The van der Waals surface area contributed by atoms with Crippen LogP contribution in [-0.4, -0.2) is 60.3 Å². The zero-order chi connectivity index (χ0) is 9.68. The van der Waals surface area contributed by atoms with Crippen molar-refractivity contribution < 1.29 is 5.11 Å². The molecule has 1 atom stereocenters. The second kappa shape index (κ2) is 5.58. The topological polar surface area (TPSA) is 26.7 Å². The standard InChI is InChI=1S/C10H22N2O/c1-3-10(13)9-12-7-5-11(4-2)6-8-12/h10,13H,3-9H2,1-2H3/t10-/m1/s1. The smallest absolute Gasteiger partial charge is 0.0664 e. The first-order valence-electron chi connectivity index (χ1n) is 5.39. The largest absolute Gasteiger partial charge is 0.392 e. The summed E-state index contributed by atoms with van der Waals surface area (Å²) in [6.45, 7) is 10.8. The zero-order valence-electron chi connectivity index (χ0n) is 8.87. The van der Waals surface area contributed by atoms with Gasteiger partial charge in [-0.1, -0.05) is 13.8 Å². The van der Waals surface area contributed by atoms with E-state index in [-0.39, 0.29) is 6.10 Å². The van der Waals surface area contributed by atoms with E-state index in [1.807, 2.05) is 6.92 Å². The molecule has 0 aromatic heterocycles. The summed E-state index contributed by atoms with van der Waals surface area (Å²) in [5.41, 5.74) is 0. The SMILES string of the molecule is CC[C@@H](O)CN1CCN(CC)CC1. The Hall–Kier alpha value is -0.120. The van der Waals surface area contributed by atoms with Crippen molar-refractivity contribution in [3.05, 3.63) is 0 Å². The Bertz CT molecular complexity index is 133. The molecule has 0 spiro atoms. The number of piperazine rings is 1. The van der Waals surface area contributed by atoms with E-state index < -0.39 is 0 Å². The van der Waals surface area contributed by atoms with Gasteiger partial charge in [-0.25, -0.2) is 0 Å². The van der Waals surface area contributed by atoms with Crippen molar-refractivity contribution in [2.24, 2.45) is 0 Å². The lowest BCUT2D eigenvalue weighted by atomic mass is 10.2. The Balaban J connectivity index is 2.17. The van der Waals surface area contributed by atoms with E-state index in [0.717, 1.165) is 45.7 Å². The van der Waals surface area contributed by atoms with E-state index in [0.29, 0.717) is 0 Å². The Morgan fingerprint density at radius 2 is 1.62 bits per heavy atom. The molecule has 1 rings (SSSR count). The van der Waals surface area contributed by atoms with Crippen molar-refractivity contribution in [3.63, 3.8) is 0 Å². The maximum Gasteiger partial charge on any atom is 0.0664 e. The van der Waals surface area contributed by atoms with Gasteiger partial charge in [0.25, 0.3) is 0 Å². The Morgan fingerprint density at radius 3 is 2.08 bits per heavy atom. The van der Waals surface area contributed by atoms with Gasteiger partial charge in [0, 0.05) is 32.7 Å². The molecule has 0 radical (unpaired) electrons. The molecule has 1 heterocycles. The van der Waals surface area contributed by atoms with E-state index in [1.165, 1.54) is 0 Å². The summed E-state index contributed by atoms with van der Waals surface area (Å²) < 4.78 is 0. The quantitative estimate of drug-likeness (QED) is 0.688. The summed E-state index contributed by atoms with van der Waals surface area (Å²) in [6.07, 6.45) is 0.738. The second-order valence-electron chi connectivity index (χ2n) is 3.80. The van der Waals surface area contributed by atoms with Crippen molar-refractivity contribution >= 4 is 0 Å². The predicted octanol–water partition coefficient (Wildman–Crippen LogP) is 0.395. The van der Waals surface area contributed by atoms with Crippen LogP contribution in [0.1, 0.15) is 20.3 Å². The average Bonchev–Trinajstić information content (AvgIpc) is 2.19. The summed E-state index contributed by atoms with van der Waals surface area (Å²) in [4.78, 5) is 4.81. The van der Waals surface area contributed by atoms with Crippen LogP contribution in [0, 0.1) is 0 Å². The Labute approximate surface area is 81.3 Å². The molecule has 0 saturated carbocycles. The van der Waals surface area contributed by atoms with Gasteiger partial charge in [0.1, 0.15) is 0 Å². The lowest BCUT2D eigenvalue weighted by Gasteiger charge is -2.34. The first-order valence-corrected chi connectivity index (χ1v) is 5.39. The molecule has 0 bridgehead atoms.